The molecule has 0 heterocycles. The summed E-state index contributed by atoms with van der Waals surface area (Å²) in [5.41, 5.74) is 10.9. The minimum absolute atomic E-state index is 0.268. The molecule has 0 radical (unpaired) electrons. The molecule has 0 aliphatic heterocycles. The Bertz CT molecular complexity index is 1920. The highest BCUT2D eigenvalue weighted by atomic mass is 16.5. The van der Waals surface area contributed by atoms with Crippen LogP contribution in [0.25, 0.3) is 33.4 Å². The summed E-state index contributed by atoms with van der Waals surface area (Å²) in [7, 11) is 0. The summed E-state index contributed by atoms with van der Waals surface area (Å²) >= 11 is 0. The number of carbonyl (C=O) groups excluding carboxylic acids is 3. The predicted octanol–water partition coefficient (Wildman–Crippen LogP) is 8.87. The minimum Gasteiger partial charge on any atom is -0.462 e. The summed E-state index contributed by atoms with van der Waals surface area (Å²) < 4.78 is 15.8. The van der Waals surface area contributed by atoms with Crippen molar-refractivity contribution < 1.29 is 28.6 Å². The van der Waals surface area contributed by atoms with E-state index in [9.17, 15) is 14.4 Å². The normalized spacial score (nSPS) is 11.3. The van der Waals surface area contributed by atoms with E-state index in [1.807, 2.05) is 54.6 Å². The lowest BCUT2D eigenvalue weighted by Gasteiger charge is -2.17. The van der Waals surface area contributed by atoms with Gasteiger partial charge >= 0.3 is 17.9 Å². The van der Waals surface area contributed by atoms with Gasteiger partial charge in [-0.1, -0.05) is 72.8 Å². The maximum Gasteiger partial charge on any atom is 0.338 e. The highest BCUT2D eigenvalue weighted by molar-refractivity contribution is 6.15. The number of rotatable bonds is 9. The summed E-state index contributed by atoms with van der Waals surface area (Å²) in [5.74, 6) is -1.18. The van der Waals surface area contributed by atoms with Crippen molar-refractivity contribution in [2.75, 3.05) is 19.8 Å². The van der Waals surface area contributed by atoms with Crippen LogP contribution in [0.5, 0.6) is 0 Å². The van der Waals surface area contributed by atoms with Gasteiger partial charge < -0.3 is 14.2 Å². The second-order valence-corrected chi connectivity index (χ2v) is 11.0. The van der Waals surface area contributed by atoms with Crippen molar-refractivity contribution in [3.05, 3.63) is 154 Å². The van der Waals surface area contributed by atoms with Crippen LogP contribution in [0.4, 0.5) is 0 Å². The van der Waals surface area contributed by atoms with Crippen molar-refractivity contribution in [1.82, 2.24) is 0 Å². The van der Waals surface area contributed by atoms with E-state index in [-0.39, 0.29) is 19.8 Å². The molecule has 0 bridgehead atoms. The van der Waals surface area contributed by atoms with Crippen LogP contribution in [-0.2, 0) is 14.2 Å². The highest BCUT2D eigenvalue weighted by Crippen LogP contribution is 2.50. The molecule has 1 aliphatic carbocycles. The van der Waals surface area contributed by atoms with Crippen molar-refractivity contribution in [3.63, 3.8) is 0 Å². The van der Waals surface area contributed by atoms with Gasteiger partial charge in [-0.2, -0.15) is 0 Å². The third-order valence-electron chi connectivity index (χ3n) is 8.11. The van der Waals surface area contributed by atoms with Crippen LogP contribution in [0.15, 0.2) is 115 Å². The lowest BCUT2D eigenvalue weighted by molar-refractivity contribution is 0.0516. The molecule has 234 valence electrons. The molecule has 0 saturated heterocycles. The summed E-state index contributed by atoms with van der Waals surface area (Å²) in [6.07, 6.45) is 0. The monoisotopic (exact) mass is 622 g/mol. The molecule has 6 rings (SSSR count). The van der Waals surface area contributed by atoms with Crippen LogP contribution in [0, 0.1) is 0 Å². The molecule has 0 spiro atoms. The highest BCUT2D eigenvalue weighted by Gasteiger charge is 2.29. The van der Waals surface area contributed by atoms with Crippen LogP contribution in [0.1, 0.15) is 74.1 Å². The minimum atomic E-state index is -0.394. The molecule has 5 aromatic rings. The molecular formula is C41H34O6. The molecule has 5 aromatic carbocycles. The van der Waals surface area contributed by atoms with Gasteiger partial charge in [0.1, 0.15) is 0 Å². The Kier molecular flexibility index (Phi) is 9.11. The zero-order valence-electron chi connectivity index (χ0n) is 26.5. The lowest BCUT2D eigenvalue weighted by atomic mass is 9.87. The Morgan fingerprint density at radius 3 is 1.43 bits per heavy atom. The first-order valence-corrected chi connectivity index (χ1v) is 15.7. The molecule has 47 heavy (non-hydrogen) atoms. The van der Waals surface area contributed by atoms with Gasteiger partial charge in [-0.15, -0.1) is 0 Å². The summed E-state index contributed by atoms with van der Waals surface area (Å²) in [5, 5.41) is 0. The van der Waals surface area contributed by atoms with Crippen LogP contribution >= 0.6 is 0 Å². The van der Waals surface area contributed by atoms with Gasteiger partial charge in [0.05, 0.1) is 36.5 Å². The predicted molar refractivity (Wildman–Crippen MR) is 183 cm³/mol. The van der Waals surface area contributed by atoms with Gasteiger partial charge in [0, 0.05) is 0 Å². The van der Waals surface area contributed by atoms with E-state index in [1.165, 1.54) is 0 Å². The van der Waals surface area contributed by atoms with Crippen molar-refractivity contribution in [2.45, 2.75) is 20.8 Å². The average Bonchev–Trinajstić information content (AvgIpc) is 3.42. The van der Waals surface area contributed by atoms with Crippen LogP contribution < -0.4 is 0 Å². The molecule has 6 heteroatoms. The number of hydrogen-bond acceptors (Lipinski definition) is 6. The van der Waals surface area contributed by atoms with E-state index in [4.69, 9.17) is 14.2 Å². The largest absolute Gasteiger partial charge is 0.462 e. The smallest absolute Gasteiger partial charge is 0.338 e. The fraction of sp³-hybridized carbons (Fsp3) is 0.146. The Labute approximate surface area is 274 Å². The maximum absolute atomic E-state index is 13.0. The summed E-state index contributed by atoms with van der Waals surface area (Å²) in [4.78, 5) is 38.0. The zero-order chi connectivity index (χ0) is 32.9. The Morgan fingerprint density at radius 1 is 0.426 bits per heavy atom. The molecule has 0 unspecified atom stereocenters. The van der Waals surface area contributed by atoms with E-state index in [0.29, 0.717) is 16.7 Å². The third-order valence-corrected chi connectivity index (χ3v) is 8.11. The first-order valence-electron chi connectivity index (χ1n) is 15.7. The quantitative estimate of drug-likeness (QED) is 0.118. The number of ether oxygens (including phenoxy) is 3. The second-order valence-electron chi connectivity index (χ2n) is 11.0. The fourth-order valence-corrected chi connectivity index (χ4v) is 5.97. The average molecular weight is 623 g/mol. The fourth-order valence-electron chi connectivity index (χ4n) is 5.97. The number of benzene rings is 5. The van der Waals surface area contributed by atoms with E-state index in [0.717, 1.165) is 55.7 Å². The number of fused-ring (bicyclic) bond motifs is 3. The molecule has 0 atom stereocenters. The third kappa shape index (κ3) is 6.23. The molecule has 0 saturated carbocycles. The molecule has 0 aromatic heterocycles. The molecular weight excluding hydrogens is 588 g/mol. The first-order chi connectivity index (χ1) is 22.9. The topological polar surface area (TPSA) is 78.9 Å². The SMILES string of the molecule is CCOC(=O)c1ccc(C(=C2c3cc(C(=O)OCC)ccc3-c3cc(-c4ccccc4)ccc32)c2ccc(C(=O)OCC)cc2)cc1. The zero-order valence-corrected chi connectivity index (χ0v) is 26.5. The number of carbonyl (C=O) groups is 3. The first kappa shape index (κ1) is 31.2. The van der Waals surface area contributed by atoms with Gasteiger partial charge in [-0.25, -0.2) is 14.4 Å². The standard InChI is InChI=1S/C41H34O6/c1-4-45-39(42)29-16-12-27(13-17-29)37(28-14-18-30(19-15-28)40(43)46-5-2)38-34-23-20-31(26-10-8-7-9-11-26)24-35(34)33-22-21-32(25-36(33)38)41(44)47-6-3/h7-25H,4-6H2,1-3H3. The molecule has 0 N–H and O–H groups in total. The van der Waals surface area contributed by atoms with Crippen LogP contribution in [0.2, 0.25) is 0 Å². The van der Waals surface area contributed by atoms with E-state index >= 15 is 0 Å². The van der Waals surface area contributed by atoms with Gasteiger partial charge in [-0.05, 0) is 119 Å². The van der Waals surface area contributed by atoms with Crippen LogP contribution in [0.3, 0.4) is 0 Å². The van der Waals surface area contributed by atoms with Gasteiger partial charge in [0.25, 0.3) is 0 Å². The molecule has 6 nitrogen and oxygen atoms in total. The van der Waals surface area contributed by atoms with E-state index in [2.05, 4.69) is 30.3 Å². The van der Waals surface area contributed by atoms with E-state index in [1.54, 1.807) is 51.1 Å². The second kappa shape index (κ2) is 13.7. The van der Waals surface area contributed by atoms with E-state index < -0.39 is 17.9 Å². The van der Waals surface area contributed by atoms with Gasteiger partial charge in [-0.3, -0.25) is 0 Å². The summed E-state index contributed by atoms with van der Waals surface area (Å²) in [6, 6.07) is 36.9. The maximum atomic E-state index is 13.0. The number of hydrogen-bond donors (Lipinski definition) is 0. The van der Waals surface area contributed by atoms with Crippen molar-refractivity contribution in [2.24, 2.45) is 0 Å². The lowest BCUT2D eigenvalue weighted by Crippen LogP contribution is -2.06. The van der Waals surface area contributed by atoms with Crippen LogP contribution in [-0.4, -0.2) is 37.7 Å². The molecule has 0 amide bonds. The van der Waals surface area contributed by atoms with Crippen molar-refractivity contribution in [1.29, 1.82) is 0 Å². The van der Waals surface area contributed by atoms with Crippen molar-refractivity contribution in [3.8, 4) is 22.3 Å². The van der Waals surface area contributed by atoms with Gasteiger partial charge in [0.15, 0.2) is 0 Å². The Balaban J connectivity index is 1.62. The summed E-state index contributed by atoms with van der Waals surface area (Å²) in [6.45, 7) is 6.17. The number of esters is 3. The Morgan fingerprint density at radius 2 is 0.894 bits per heavy atom. The molecule has 0 fully saturated rings. The Hall–Kier alpha value is -5.75. The van der Waals surface area contributed by atoms with Crippen molar-refractivity contribution >= 4 is 29.1 Å². The van der Waals surface area contributed by atoms with Gasteiger partial charge in [0.2, 0.25) is 0 Å². The molecule has 1 aliphatic rings.